The summed E-state index contributed by atoms with van der Waals surface area (Å²) in [5.41, 5.74) is 0. The van der Waals surface area contributed by atoms with E-state index >= 15 is 0 Å². The van der Waals surface area contributed by atoms with Crippen LogP contribution in [0.5, 0.6) is 0 Å². The van der Waals surface area contributed by atoms with Gasteiger partial charge in [-0.05, 0) is 25.0 Å². The Bertz CT molecular complexity index is 359. The van der Waals surface area contributed by atoms with E-state index in [1.807, 2.05) is 6.07 Å². The van der Waals surface area contributed by atoms with Crippen molar-refractivity contribution in [3.8, 4) is 0 Å². The summed E-state index contributed by atoms with van der Waals surface area (Å²) < 4.78 is 5.14. The molecule has 0 aromatic carbocycles. The van der Waals surface area contributed by atoms with E-state index in [0.717, 1.165) is 5.76 Å². The van der Waals surface area contributed by atoms with Gasteiger partial charge in [-0.1, -0.05) is 0 Å². The van der Waals surface area contributed by atoms with Crippen LogP contribution in [0.4, 0.5) is 0 Å². The molecule has 0 fully saturated rings. The van der Waals surface area contributed by atoms with Crippen molar-refractivity contribution in [1.29, 1.82) is 0 Å². The van der Waals surface area contributed by atoms with E-state index in [2.05, 4.69) is 0 Å². The number of furan rings is 1. The molecule has 0 atom stereocenters. The molecule has 1 amide bonds. The first-order valence-corrected chi connectivity index (χ1v) is 5.57. The van der Waals surface area contributed by atoms with Gasteiger partial charge in [0, 0.05) is 19.9 Å². The third kappa shape index (κ3) is 5.19. The number of carboxylic acid groups (broad SMARTS) is 1. The largest absolute Gasteiger partial charge is 0.481 e. The van der Waals surface area contributed by atoms with E-state index in [1.165, 1.54) is 0 Å². The fourth-order valence-electron chi connectivity index (χ4n) is 1.47. The van der Waals surface area contributed by atoms with Crippen LogP contribution < -0.4 is 0 Å². The Morgan fingerprint density at radius 2 is 2.06 bits per heavy atom. The van der Waals surface area contributed by atoms with Crippen LogP contribution in [0.25, 0.3) is 0 Å². The van der Waals surface area contributed by atoms with Gasteiger partial charge in [0.25, 0.3) is 0 Å². The van der Waals surface area contributed by atoms with Crippen molar-refractivity contribution in [2.75, 3.05) is 7.05 Å². The van der Waals surface area contributed by atoms with E-state index in [1.54, 1.807) is 24.3 Å². The van der Waals surface area contributed by atoms with Gasteiger partial charge in [0.1, 0.15) is 5.76 Å². The molecule has 0 spiro atoms. The molecule has 1 rings (SSSR count). The van der Waals surface area contributed by atoms with Gasteiger partial charge in [-0.25, -0.2) is 0 Å². The number of hydrogen-bond acceptors (Lipinski definition) is 3. The summed E-state index contributed by atoms with van der Waals surface area (Å²) in [5, 5.41) is 8.45. The van der Waals surface area contributed by atoms with E-state index in [-0.39, 0.29) is 12.3 Å². The number of amides is 1. The predicted molar refractivity (Wildman–Crippen MR) is 61.3 cm³/mol. The van der Waals surface area contributed by atoms with Crippen LogP contribution in [0.15, 0.2) is 22.8 Å². The second-order valence-corrected chi connectivity index (χ2v) is 3.93. The van der Waals surface area contributed by atoms with Gasteiger partial charge in [0.15, 0.2) is 0 Å². The summed E-state index contributed by atoms with van der Waals surface area (Å²) in [4.78, 5) is 23.5. The maximum atomic E-state index is 11.7. The van der Waals surface area contributed by atoms with Gasteiger partial charge < -0.3 is 14.4 Å². The van der Waals surface area contributed by atoms with Crippen LogP contribution in [0.2, 0.25) is 0 Å². The molecule has 1 heterocycles. The zero-order chi connectivity index (χ0) is 12.7. The Morgan fingerprint density at radius 1 is 1.35 bits per heavy atom. The standard InChI is InChI=1S/C12H17NO4/c1-13(9-10-5-4-8-17-10)11(14)6-2-3-7-12(15)16/h4-5,8H,2-3,6-7,9H2,1H3,(H,15,16). The summed E-state index contributed by atoms with van der Waals surface area (Å²) in [7, 11) is 1.71. The van der Waals surface area contributed by atoms with E-state index in [9.17, 15) is 9.59 Å². The normalized spacial score (nSPS) is 10.2. The van der Waals surface area contributed by atoms with Crippen LogP contribution in [0, 0.1) is 0 Å². The molecule has 0 saturated heterocycles. The van der Waals surface area contributed by atoms with Crippen molar-refractivity contribution in [2.24, 2.45) is 0 Å². The third-order valence-electron chi connectivity index (χ3n) is 2.43. The second-order valence-electron chi connectivity index (χ2n) is 3.93. The van der Waals surface area contributed by atoms with Crippen LogP contribution in [0.1, 0.15) is 31.4 Å². The summed E-state index contributed by atoms with van der Waals surface area (Å²) >= 11 is 0. The average molecular weight is 239 g/mol. The lowest BCUT2D eigenvalue weighted by molar-refractivity contribution is -0.137. The molecule has 5 nitrogen and oxygen atoms in total. The molecule has 17 heavy (non-hydrogen) atoms. The Morgan fingerprint density at radius 3 is 2.65 bits per heavy atom. The molecule has 1 N–H and O–H groups in total. The molecule has 0 radical (unpaired) electrons. The quantitative estimate of drug-likeness (QED) is 0.737. The van der Waals surface area contributed by atoms with E-state index in [4.69, 9.17) is 9.52 Å². The monoisotopic (exact) mass is 239 g/mol. The Kier molecular flexibility index (Phi) is 5.26. The number of unbranched alkanes of at least 4 members (excludes halogenated alkanes) is 1. The molecular weight excluding hydrogens is 222 g/mol. The highest BCUT2D eigenvalue weighted by atomic mass is 16.4. The minimum absolute atomic E-state index is 0.00629. The van der Waals surface area contributed by atoms with Crippen LogP contribution in [-0.4, -0.2) is 28.9 Å². The number of hydrogen-bond donors (Lipinski definition) is 1. The third-order valence-corrected chi connectivity index (χ3v) is 2.43. The molecule has 94 valence electrons. The number of carboxylic acids is 1. The lowest BCUT2D eigenvalue weighted by Crippen LogP contribution is -2.25. The molecule has 1 aromatic rings. The SMILES string of the molecule is CN(Cc1ccco1)C(=O)CCCCC(=O)O. The van der Waals surface area contributed by atoms with Crippen molar-refractivity contribution >= 4 is 11.9 Å². The van der Waals surface area contributed by atoms with Gasteiger partial charge in [0.05, 0.1) is 12.8 Å². The van der Waals surface area contributed by atoms with E-state index in [0.29, 0.717) is 25.8 Å². The van der Waals surface area contributed by atoms with Gasteiger partial charge in [-0.15, -0.1) is 0 Å². The van der Waals surface area contributed by atoms with E-state index < -0.39 is 5.97 Å². The summed E-state index contributed by atoms with van der Waals surface area (Å²) in [5.74, 6) is -0.0698. The molecule has 5 heteroatoms. The van der Waals surface area contributed by atoms with Crippen molar-refractivity contribution in [1.82, 2.24) is 4.90 Å². The van der Waals surface area contributed by atoms with Crippen molar-refractivity contribution in [2.45, 2.75) is 32.2 Å². The Hall–Kier alpha value is -1.78. The smallest absolute Gasteiger partial charge is 0.303 e. The molecule has 0 aliphatic heterocycles. The first-order valence-electron chi connectivity index (χ1n) is 5.57. The molecule has 1 aromatic heterocycles. The van der Waals surface area contributed by atoms with Gasteiger partial charge in [-0.2, -0.15) is 0 Å². The maximum Gasteiger partial charge on any atom is 0.303 e. The molecule has 0 aliphatic carbocycles. The van der Waals surface area contributed by atoms with Crippen molar-refractivity contribution in [3.05, 3.63) is 24.2 Å². The minimum Gasteiger partial charge on any atom is -0.481 e. The van der Waals surface area contributed by atoms with Crippen LogP contribution in [0.3, 0.4) is 0 Å². The molecule has 0 bridgehead atoms. The number of carbonyl (C=O) groups is 2. The molecule has 0 unspecified atom stereocenters. The first kappa shape index (κ1) is 13.3. The molecule has 0 aliphatic rings. The fourth-order valence-corrected chi connectivity index (χ4v) is 1.47. The highest BCUT2D eigenvalue weighted by Gasteiger charge is 2.10. The number of aliphatic carboxylic acids is 1. The van der Waals surface area contributed by atoms with Crippen LogP contribution >= 0.6 is 0 Å². The lowest BCUT2D eigenvalue weighted by Gasteiger charge is -2.15. The van der Waals surface area contributed by atoms with Crippen LogP contribution in [-0.2, 0) is 16.1 Å². The first-order chi connectivity index (χ1) is 8.09. The number of rotatable bonds is 7. The number of nitrogens with zero attached hydrogens (tertiary/aromatic N) is 1. The van der Waals surface area contributed by atoms with Gasteiger partial charge in [0.2, 0.25) is 5.91 Å². The zero-order valence-corrected chi connectivity index (χ0v) is 9.89. The fraction of sp³-hybridized carbons (Fsp3) is 0.500. The zero-order valence-electron chi connectivity index (χ0n) is 9.89. The van der Waals surface area contributed by atoms with Crippen molar-refractivity contribution < 1.29 is 19.1 Å². The Labute approximate surface area is 100 Å². The van der Waals surface area contributed by atoms with Crippen molar-refractivity contribution in [3.63, 3.8) is 0 Å². The molecule has 0 saturated carbocycles. The average Bonchev–Trinajstić information content (AvgIpc) is 2.76. The van der Waals surface area contributed by atoms with Gasteiger partial charge >= 0.3 is 5.97 Å². The van der Waals surface area contributed by atoms with Gasteiger partial charge in [-0.3, -0.25) is 9.59 Å². The summed E-state index contributed by atoms with van der Waals surface area (Å²) in [6.45, 7) is 0.449. The highest BCUT2D eigenvalue weighted by molar-refractivity contribution is 5.75. The summed E-state index contributed by atoms with van der Waals surface area (Å²) in [6.07, 6.45) is 3.21. The predicted octanol–water partition coefficient (Wildman–Crippen LogP) is 1.88. The lowest BCUT2D eigenvalue weighted by atomic mass is 10.2. The number of carbonyl (C=O) groups excluding carboxylic acids is 1. The maximum absolute atomic E-state index is 11.7. The Balaban J connectivity index is 2.20. The second kappa shape index (κ2) is 6.73. The summed E-state index contributed by atoms with van der Waals surface area (Å²) in [6, 6.07) is 3.59. The molecular formula is C12H17NO4. The minimum atomic E-state index is -0.818. The topological polar surface area (TPSA) is 70.8 Å². The highest BCUT2D eigenvalue weighted by Crippen LogP contribution is 2.07.